The van der Waals surface area contributed by atoms with Crippen molar-refractivity contribution in [3.63, 3.8) is 0 Å². The van der Waals surface area contributed by atoms with Gasteiger partial charge in [0.1, 0.15) is 17.2 Å². The number of thioether (sulfide) groups is 1. The van der Waals surface area contributed by atoms with Crippen molar-refractivity contribution < 1.29 is 23.9 Å². The van der Waals surface area contributed by atoms with E-state index in [4.69, 9.17) is 32.7 Å². The third-order valence-electron chi connectivity index (χ3n) is 5.93. The highest BCUT2D eigenvalue weighted by molar-refractivity contribution is 8.00. The van der Waals surface area contributed by atoms with Crippen LogP contribution in [0.15, 0.2) is 102 Å². The van der Waals surface area contributed by atoms with Crippen LogP contribution in [0.3, 0.4) is 0 Å². The molecule has 0 spiro atoms. The highest BCUT2D eigenvalue weighted by Gasteiger charge is 2.17. The molecule has 0 heterocycles. The van der Waals surface area contributed by atoms with Gasteiger partial charge in [-0.25, -0.2) is 0 Å². The van der Waals surface area contributed by atoms with Gasteiger partial charge in [-0.3, -0.25) is 14.4 Å². The van der Waals surface area contributed by atoms with Gasteiger partial charge in [0.2, 0.25) is 5.91 Å². The predicted octanol–water partition coefficient (Wildman–Crippen LogP) is 7.15. The molecule has 0 fully saturated rings. The highest BCUT2D eigenvalue weighted by Crippen LogP contribution is 2.28. The summed E-state index contributed by atoms with van der Waals surface area (Å²) in [6.45, 7) is 0. The first kappa shape index (κ1) is 31.5. The Hall–Kier alpha value is -4.44. The van der Waals surface area contributed by atoms with Gasteiger partial charge < -0.3 is 25.4 Å². The number of carbonyl (C=O) groups excluding carboxylic acids is 3. The maximum absolute atomic E-state index is 13.5. The number of methoxy groups -OCH3 is 2. The van der Waals surface area contributed by atoms with Crippen LogP contribution in [0.5, 0.6) is 11.5 Å². The van der Waals surface area contributed by atoms with E-state index in [-0.39, 0.29) is 17.4 Å². The Bertz CT molecular complexity index is 1660. The summed E-state index contributed by atoms with van der Waals surface area (Å²) in [5.74, 6) is -0.162. The van der Waals surface area contributed by atoms with Crippen LogP contribution in [0.25, 0.3) is 6.08 Å². The van der Waals surface area contributed by atoms with Gasteiger partial charge >= 0.3 is 0 Å². The summed E-state index contributed by atoms with van der Waals surface area (Å²) < 4.78 is 10.7. The molecule has 4 aromatic rings. The molecule has 4 aromatic carbocycles. The number of carbonyl (C=O) groups is 3. The summed E-state index contributed by atoms with van der Waals surface area (Å²) in [5.41, 5.74) is 1.82. The predicted molar refractivity (Wildman–Crippen MR) is 172 cm³/mol. The van der Waals surface area contributed by atoms with Crippen LogP contribution >= 0.6 is 35.0 Å². The van der Waals surface area contributed by atoms with Crippen LogP contribution in [-0.2, 0) is 9.59 Å². The van der Waals surface area contributed by atoms with Crippen molar-refractivity contribution >= 4 is 70.1 Å². The Labute approximate surface area is 263 Å². The molecule has 0 saturated carbocycles. The van der Waals surface area contributed by atoms with Crippen LogP contribution in [0.2, 0.25) is 10.0 Å². The Kier molecular flexibility index (Phi) is 11.1. The molecule has 43 heavy (non-hydrogen) atoms. The summed E-state index contributed by atoms with van der Waals surface area (Å²) in [5, 5.41) is 9.11. The second kappa shape index (κ2) is 15.2. The van der Waals surface area contributed by atoms with E-state index in [0.29, 0.717) is 44.0 Å². The fraction of sp³-hybridized carbons (Fsp3) is 0.0938. The van der Waals surface area contributed by atoms with E-state index >= 15 is 0 Å². The largest absolute Gasteiger partial charge is 0.497 e. The van der Waals surface area contributed by atoms with Crippen molar-refractivity contribution in [1.29, 1.82) is 0 Å². The van der Waals surface area contributed by atoms with Crippen LogP contribution in [-0.4, -0.2) is 37.7 Å². The molecule has 0 radical (unpaired) electrons. The summed E-state index contributed by atoms with van der Waals surface area (Å²) in [6.07, 6.45) is 1.53. The normalized spacial score (nSPS) is 10.9. The number of amides is 3. The molecular weight excluding hydrogens is 609 g/mol. The molecule has 0 bridgehead atoms. The van der Waals surface area contributed by atoms with Crippen LogP contribution < -0.4 is 25.4 Å². The fourth-order valence-electron chi connectivity index (χ4n) is 3.83. The molecule has 0 aliphatic rings. The Balaban J connectivity index is 1.51. The first-order valence-corrected chi connectivity index (χ1v) is 14.6. The van der Waals surface area contributed by atoms with E-state index in [2.05, 4.69) is 16.0 Å². The minimum Gasteiger partial charge on any atom is -0.497 e. The highest BCUT2D eigenvalue weighted by atomic mass is 35.5. The first-order valence-electron chi connectivity index (χ1n) is 12.8. The lowest BCUT2D eigenvalue weighted by Crippen LogP contribution is -2.30. The number of hydrogen-bond acceptors (Lipinski definition) is 6. The van der Waals surface area contributed by atoms with Crippen molar-refractivity contribution in [2.24, 2.45) is 0 Å². The molecule has 0 atom stereocenters. The third-order valence-corrected chi connectivity index (χ3v) is 7.49. The van der Waals surface area contributed by atoms with E-state index < -0.39 is 11.8 Å². The van der Waals surface area contributed by atoms with E-state index in [9.17, 15) is 14.4 Å². The number of anilines is 2. The van der Waals surface area contributed by atoms with Crippen molar-refractivity contribution in [3.8, 4) is 11.5 Å². The Morgan fingerprint density at radius 1 is 0.837 bits per heavy atom. The van der Waals surface area contributed by atoms with Crippen molar-refractivity contribution in [2.75, 3.05) is 30.6 Å². The molecule has 8 nitrogen and oxygen atoms in total. The van der Waals surface area contributed by atoms with Gasteiger partial charge in [0.15, 0.2) is 0 Å². The zero-order valence-corrected chi connectivity index (χ0v) is 25.5. The lowest BCUT2D eigenvalue weighted by Gasteiger charge is -2.13. The average molecular weight is 637 g/mol. The monoisotopic (exact) mass is 635 g/mol. The van der Waals surface area contributed by atoms with Crippen LogP contribution in [0.1, 0.15) is 15.9 Å². The van der Waals surface area contributed by atoms with Crippen molar-refractivity contribution in [3.05, 3.63) is 118 Å². The molecule has 3 N–H and O–H groups in total. The fourth-order valence-corrected chi connectivity index (χ4v) is 4.92. The van der Waals surface area contributed by atoms with Crippen LogP contribution in [0.4, 0.5) is 11.4 Å². The lowest BCUT2D eigenvalue weighted by molar-refractivity contribution is -0.114. The number of rotatable bonds is 11. The zero-order valence-electron chi connectivity index (χ0n) is 23.2. The van der Waals surface area contributed by atoms with Gasteiger partial charge in [-0.05, 0) is 66.7 Å². The van der Waals surface area contributed by atoms with E-state index in [1.807, 2.05) is 6.07 Å². The van der Waals surface area contributed by atoms with Gasteiger partial charge in [0.25, 0.3) is 11.8 Å². The maximum atomic E-state index is 13.5. The second-order valence-electron chi connectivity index (χ2n) is 8.93. The van der Waals surface area contributed by atoms with Gasteiger partial charge in [-0.2, -0.15) is 0 Å². The maximum Gasteiger partial charge on any atom is 0.272 e. The molecule has 0 aliphatic heterocycles. The van der Waals surface area contributed by atoms with Crippen molar-refractivity contribution in [2.45, 2.75) is 4.90 Å². The minimum atomic E-state index is -0.558. The van der Waals surface area contributed by atoms with E-state index in [1.54, 1.807) is 84.9 Å². The van der Waals surface area contributed by atoms with E-state index in [0.717, 1.165) is 4.90 Å². The molecule has 0 saturated heterocycles. The molecule has 11 heteroatoms. The number of hydrogen-bond donors (Lipinski definition) is 3. The second-order valence-corrected chi connectivity index (χ2v) is 10.8. The number of benzene rings is 4. The lowest BCUT2D eigenvalue weighted by atomic mass is 10.1. The summed E-state index contributed by atoms with van der Waals surface area (Å²) >= 11 is 13.4. The van der Waals surface area contributed by atoms with Gasteiger partial charge in [0.05, 0.1) is 30.7 Å². The van der Waals surface area contributed by atoms with Gasteiger partial charge in [0, 0.05) is 32.8 Å². The molecule has 4 rings (SSSR count). The molecule has 0 aromatic heterocycles. The molecule has 3 amide bonds. The first-order chi connectivity index (χ1) is 20.7. The Morgan fingerprint density at radius 2 is 1.63 bits per heavy atom. The third kappa shape index (κ3) is 9.02. The summed E-state index contributed by atoms with van der Waals surface area (Å²) in [6, 6.07) is 25.5. The average Bonchev–Trinajstić information content (AvgIpc) is 3.02. The van der Waals surface area contributed by atoms with Gasteiger partial charge in [-0.1, -0.05) is 47.5 Å². The zero-order chi connectivity index (χ0) is 30.8. The number of ether oxygens (including phenoxy) is 2. The Morgan fingerprint density at radius 3 is 2.37 bits per heavy atom. The summed E-state index contributed by atoms with van der Waals surface area (Å²) in [7, 11) is 3.04. The molecule has 0 unspecified atom stereocenters. The van der Waals surface area contributed by atoms with E-state index in [1.165, 1.54) is 32.1 Å². The standard InChI is InChI=1S/C32H27Cl2N3O5S/c1-41-24-13-11-21(29(18-24)42-2)15-28(37-31(39)20-7-4-3-5-8-20)32(40)35-23-9-6-10-25(17-23)43-19-30(38)36-27-16-22(33)12-14-26(27)34/h3-18H,19H2,1-2H3,(H,35,40)(H,36,38)(H,37,39)/b28-15+. The SMILES string of the molecule is COc1ccc(/C=C(/NC(=O)c2ccccc2)C(=O)Nc2cccc(SCC(=O)Nc3cc(Cl)ccc3Cl)c2)c(OC)c1. The number of nitrogens with one attached hydrogen (secondary N) is 3. The minimum absolute atomic E-state index is 0.00634. The summed E-state index contributed by atoms with van der Waals surface area (Å²) in [4.78, 5) is 39.7. The molecular formula is C32H27Cl2N3O5S. The molecule has 0 aliphatic carbocycles. The number of halogens is 2. The van der Waals surface area contributed by atoms with Crippen LogP contribution in [0, 0.1) is 0 Å². The topological polar surface area (TPSA) is 106 Å². The molecule has 220 valence electrons. The van der Waals surface area contributed by atoms with Crippen molar-refractivity contribution in [1.82, 2.24) is 5.32 Å². The quantitative estimate of drug-likeness (QED) is 0.119. The van der Waals surface area contributed by atoms with Gasteiger partial charge in [-0.15, -0.1) is 11.8 Å². The smallest absolute Gasteiger partial charge is 0.272 e.